The fourth-order valence-corrected chi connectivity index (χ4v) is 4.42. The van der Waals surface area contributed by atoms with Crippen LogP contribution in [-0.4, -0.2) is 56.6 Å². The Hall–Kier alpha value is -3.47. The summed E-state index contributed by atoms with van der Waals surface area (Å²) < 4.78 is 17.6. The van der Waals surface area contributed by atoms with Gasteiger partial charge in [-0.1, -0.05) is 17.4 Å². The molecule has 9 nitrogen and oxygen atoms in total. The highest BCUT2D eigenvalue weighted by atomic mass is 32.1. The number of nitrogens with two attached hydrogens (primary N) is 2. The average Bonchev–Trinajstić information content (AvgIpc) is 3.27. The summed E-state index contributed by atoms with van der Waals surface area (Å²) in [5.41, 5.74) is 13.8. The summed E-state index contributed by atoms with van der Waals surface area (Å²) in [4.78, 5) is 19.8. The highest BCUT2D eigenvalue weighted by Gasteiger charge is 2.23. The molecule has 2 heterocycles. The maximum atomic E-state index is 13.5. The summed E-state index contributed by atoms with van der Waals surface area (Å²) in [7, 11) is 0. The van der Waals surface area contributed by atoms with Crippen LogP contribution in [-0.2, 0) is 4.74 Å². The number of aromatic nitrogens is 1. The smallest absolute Gasteiger partial charge is 0.260 e. The van der Waals surface area contributed by atoms with Crippen molar-refractivity contribution in [1.82, 2.24) is 4.98 Å². The van der Waals surface area contributed by atoms with Crippen molar-refractivity contribution in [2.45, 2.75) is 0 Å². The monoisotopic (exact) mass is 467 g/mol. The summed E-state index contributed by atoms with van der Waals surface area (Å²) in [6, 6.07) is 10.8. The number of fused-ring (bicyclic) bond motifs is 2. The first-order chi connectivity index (χ1) is 16.1. The number of hydrogen-bond donors (Lipinski definition) is 3. The SMILES string of the molecule is N=C/C(=C\N)c1ccc2nc(N(CCOCCN)C(=O)c3ccc4c(c3)OCCO4)sc2c1. The minimum Gasteiger partial charge on any atom is -0.486 e. The number of rotatable bonds is 9. The van der Waals surface area contributed by atoms with Gasteiger partial charge in [-0.05, 0) is 35.9 Å². The average molecular weight is 468 g/mol. The lowest BCUT2D eigenvalue weighted by atomic mass is 10.1. The van der Waals surface area contributed by atoms with Gasteiger partial charge in [-0.2, -0.15) is 0 Å². The zero-order valence-electron chi connectivity index (χ0n) is 18.0. The van der Waals surface area contributed by atoms with Gasteiger partial charge in [0.15, 0.2) is 16.6 Å². The van der Waals surface area contributed by atoms with Crippen LogP contribution in [0.4, 0.5) is 5.13 Å². The molecule has 2 aromatic carbocycles. The second-order valence-electron chi connectivity index (χ2n) is 7.16. The predicted octanol–water partition coefficient (Wildman–Crippen LogP) is 2.64. The summed E-state index contributed by atoms with van der Waals surface area (Å²) in [5, 5.41) is 8.07. The molecule has 1 amide bonds. The molecule has 5 N–H and O–H groups in total. The third kappa shape index (κ3) is 4.98. The van der Waals surface area contributed by atoms with E-state index in [0.717, 1.165) is 15.8 Å². The van der Waals surface area contributed by atoms with Crippen molar-refractivity contribution in [2.75, 3.05) is 44.4 Å². The topological polar surface area (TPSA) is 137 Å². The molecule has 10 heteroatoms. The van der Waals surface area contributed by atoms with Gasteiger partial charge in [-0.25, -0.2) is 4.98 Å². The van der Waals surface area contributed by atoms with Crippen LogP contribution in [0.3, 0.4) is 0 Å². The van der Waals surface area contributed by atoms with Gasteiger partial charge in [-0.3, -0.25) is 9.69 Å². The van der Waals surface area contributed by atoms with Crippen molar-refractivity contribution >= 4 is 44.4 Å². The third-order valence-corrected chi connectivity index (χ3v) is 6.07. The van der Waals surface area contributed by atoms with Crippen molar-refractivity contribution in [3.05, 3.63) is 53.7 Å². The standard InChI is InChI=1S/C23H25N5O4S/c24-5-7-30-8-6-28(22(29)16-2-4-19-20(11-16)32-10-9-31-19)23-27-18-3-1-15(12-21(18)33-23)17(13-25)14-26/h1-4,11-14,25H,5-10,24,26H2/b17-14+,25-13?. The molecular formula is C23H25N5O4S. The largest absolute Gasteiger partial charge is 0.486 e. The molecule has 1 aliphatic rings. The number of hydrogen-bond acceptors (Lipinski definition) is 9. The molecule has 1 aromatic heterocycles. The molecule has 3 aromatic rings. The van der Waals surface area contributed by atoms with Crippen LogP contribution in [0, 0.1) is 5.41 Å². The summed E-state index contributed by atoms with van der Waals surface area (Å²) in [6.07, 6.45) is 2.60. The highest BCUT2D eigenvalue weighted by Crippen LogP contribution is 2.34. The van der Waals surface area contributed by atoms with E-state index in [1.807, 2.05) is 18.2 Å². The Bertz CT molecular complexity index is 1190. The van der Waals surface area contributed by atoms with E-state index in [1.54, 1.807) is 23.1 Å². The third-order valence-electron chi connectivity index (χ3n) is 5.03. The number of carbonyl (C=O) groups excluding carboxylic acids is 1. The van der Waals surface area contributed by atoms with Crippen LogP contribution in [0.1, 0.15) is 15.9 Å². The minimum absolute atomic E-state index is 0.218. The molecule has 0 saturated carbocycles. The van der Waals surface area contributed by atoms with Crippen LogP contribution in [0.25, 0.3) is 15.8 Å². The number of carbonyl (C=O) groups is 1. The number of anilines is 1. The fourth-order valence-electron chi connectivity index (χ4n) is 3.39. The summed E-state index contributed by atoms with van der Waals surface area (Å²) in [6.45, 7) is 2.38. The predicted molar refractivity (Wildman–Crippen MR) is 130 cm³/mol. The number of ether oxygens (including phenoxy) is 3. The molecule has 0 spiro atoms. The molecule has 4 rings (SSSR count). The molecule has 1 aliphatic heterocycles. The Labute approximate surface area is 195 Å². The van der Waals surface area contributed by atoms with Gasteiger partial charge < -0.3 is 31.1 Å². The van der Waals surface area contributed by atoms with Crippen LogP contribution >= 0.6 is 11.3 Å². The van der Waals surface area contributed by atoms with E-state index in [1.165, 1.54) is 23.8 Å². The first kappa shape index (κ1) is 22.7. The number of allylic oxidation sites excluding steroid dienone is 1. The zero-order valence-corrected chi connectivity index (χ0v) is 18.8. The fraction of sp³-hybridized carbons (Fsp3) is 0.261. The van der Waals surface area contributed by atoms with Gasteiger partial charge in [0.25, 0.3) is 5.91 Å². The molecule has 0 unspecified atom stereocenters. The Morgan fingerprint density at radius 1 is 1.15 bits per heavy atom. The Balaban J connectivity index is 1.66. The van der Waals surface area contributed by atoms with Crippen molar-refractivity contribution in [3.63, 3.8) is 0 Å². The quantitative estimate of drug-likeness (QED) is 0.325. The summed E-state index contributed by atoms with van der Waals surface area (Å²) >= 11 is 1.39. The van der Waals surface area contributed by atoms with Crippen LogP contribution in [0.15, 0.2) is 42.6 Å². The Morgan fingerprint density at radius 2 is 1.94 bits per heavy atom. The molecule has 0 saturated heterocycles. The Morgan fingerprint density at radius 3 is 2.70 bits per heavy atom. The van der Waals surface area contributed by atoms with Crippen LogP contribution in [0.2, 0.25) is 0 Å². The molecule has 0 fully saturated rings. The number of amides is 1. The first-order valence-electron chi connectivity index (χ1n) is 10.5. The van der Waals surface area contributed by atoms with Gasteiger partial charge >= 0.3 is 0 Å². The Kier molecular flexibility index (Phi) is 7.18. The highest BCUT2D eigenvalue weighted by molar-refractivity contribution is 7.22. The number of thiazole rings is 1. The van der Waals surface area contributed by atoms with Gasteiger partial charge in [-0.15, -0.1) is 0 Å². The maximum Gasteiger partial charge on any atom is 0.260 e. The van der Waals surface area contributed by atoms with Gasteiger partial charge in [0.2, 0.25) is 0 Å². The lowest BCUT2D eigenvalue weighted by Crippen LogP contribution is -2.34. The van der Waals surface area contributed by atoms with Gasteiger partial charge in [0, 0.05) is 30.1 Å². The van der Waals surface area contributed by atoms with Crippen molar-refractivity contribution in [3.8, 4) is 11.5 Å². The van der Waals surface area contributed by atoms with Crippen molar-refractivity contribution in [2.24, 2.45) is 11.5 Å². The second kappa shape index (κ2) is 10.4. The lowest BCUT2D eigenvalue weighted by Gasteiger charge is -2.22. The lowest BCUT2D eigenvalue weighted by molar-refractivity contribution is 0.0962. The van der Waals surface area contributed by atoms with E-state index in [0.29, 0.717) is 67.3 Å². The maximum absolute atomic E-state index is 13.5. The second-order valence-corrected chi connectivity index (χ2v) is 8.17. The van der Waals surface area contributed by atoms with E-state index in [9.17, 15) is 4.79 Å². The van der Waals surface area contributed by atoms with Gasteiger partial charge in [0.1, 0.15) is 13.2 Å². The minimum atomic E-state index is -0.218. The molecule has 0 aliphatic carbocycles. The molecule has 33 heavy (non-hydrogen) atoms. The van der Waals surface area contributed by atoms with E-state index < -0.39 is 0 Å². The normalized spacial score (nSPS) is 13.2. The van der Waals surface area contributed by atoms with Crippen LogP contribution < -0.4 is 25.8 Å². The van der Waals surface area contributed by atoms with E-state index >= 15 is 0 Å². The van der Waals surface area contributed by atoms with Crippen molar-refractivity contribution < 1.29 is 19.0 Å². The number of benzene rings is 2. The number of nitrogens with zero attached hydrogens (tertiary/aromatic N) is 2. The van der Waals surface area contributed by atoms with E-state index in [4.69, 9.17) is 31.1 Å². The molecule has 0 radical (unpaired) electrons. The molecular weight excluding hydrogens is 442 g/mol. The molecule has 0 bridgehead atoms. The zero-order chi connectivity index (χ0) is 23.2. The van der Waals surface area contributed by atoms with Gasteiger partial charge in [0.05, 0.1) is 30.0 Å². The van der Waals surface area contributed by atoms with E-state index in [2.05, 4.69) is 4.98 Å². The molecule has 0 atom stereocenters. The molecule has 172 valence electrons. The number of nitrogens with one attached hydrogen (secondary N) is 1. The van der Waals surface area contributed by atoms with Crippen LogP contribution in [0.5, 0.6) is 11.5 Å². The summed E-state index contributed by atoms with van der Waals surface area (Å²) in [5.74, 6) is 0.955. The van der Waals surface area contributed by atoms with Crippen molar-refractivity contribution in [1.29, 1.82) is 5.41 Å². The first-order valence-corrected chi connectivity index (χ1v) is 11.3. The van der Waals surface area contributed by atoms with E-state index in [-0.39, 0.29) is 5.91 Å².